The van der Waals surface area contributed by atoms with Gasteiger partial charge in [0, 0.05) is 28.3 Å². The van der Waals surface area contributed by atoms with E-state index in [0.717, 1.165) is 19.5 Å². The maximum Gasteiger partial charge on any atom is 0.0253 e. The van der Waals surface area contributed by atoms with Gasteiger partial charge in [-0.1, -0.05) is 31.2 Å². The first-order chi connectivity index (χ1) is 9.23. The Balaban J connectivity index is 1.89. The minimum Gasteiger partial charge on any atom is -0.315 e. The van der Waals surface area contributed by atoms with Gasteiger partial charge in [-0.15, -0.1) is 11.3 Å². The smallest absolute Gasteiger partial charge is 0.0253 e. The van der Waals surface area contributed by atoms with Crippen molar-refractivity contribution in [2.45, 2.75) is 32.1 Å². The van der Waals surface area contributed by atoms with Crippen molar-refractivity contribution in [1.82, 2.24) is 5.32 Å². The van der Waals surface area contributed by atoms with Crippen molar-refractivity contribution in [1.29, 1.82) is 0 Å². The number of rotatable bonds is 4. The van der Waals surface area contributed by atoms with Crippen LogP contribution in [0, 0.1) is 6.92 Å². The van der Waals surface area contributed by atoms with Gasteiger partial charge in [0.2, 0.25) is 0 Å². The fourth-order valence-electron chi connectivity index (χ4n) is 3.05. The third-order valence-electron chi connectivity index (χ3n) is 4.22. The minimum absolute atomic E-state index is 0.321. The third-order valence-corrected chi connectivity index (χ3v) is 5.45. The summed E-state index contributed by atoms with van der Waals surface area (Å²) >= 11 is 1.98. The molecule has 0 aliphatic carbocycles. The van der Waals surface area contributed by atoms with Crippen LogP contribution in [0.5, 0.6) is 0 Å². The van der Waals surface area contributed by atoms with Gasteiger partial charge in [0.1, 0.15) is 0 Å². The lowest BCUT2D eigenvalue weighted by atomic mass is 9.71. The number of nitrogens with one attached hydrogen (secondary N) is 1. The van der Waals surface area contributed by atoms with Crippen LogP contribution in [0.3, 0.4) is 0 Å². The van der Waals surface area contributed by atoms with Crippen LogP contribution in [0.15, 0.2) is 36.4 Å². The normalized spacial score (nSPS) is 17.2. The molecule has 1 aliphatic rings. The molecular weight excluding hydrogens is 250 g/mol. The molecule has 0 spiro atoms. The molecule has 2 heterocycles. The van der Waals surface area contributed by atoms with Crippen LogP contribution in [0.2, 0.25) is 0 Å². The van der Waals surface area contributed by atoms with Gasteiger partial charge in [-0.25, -0.2) is 0 Å². The van der Waals surface area contributed by atoms with E-state index >= 15 is 0 Å². The van der Waals surface area contributed by atoms with E-state index in [1.54, 1.807) is 0 Å². The summed E-state index contributed by atoms with van der Waals surface area (Å²) in [6.45, 7) is 6.69. The van der Waals surface area contributed by atoms with Crippen LogP contribution in [-0.2, 0) is 18.3 Å². The van der Waals surface area contributed by atoms with Crippen molar-refractivity contribution < 1.29 is 0 Å². The molecule has 1 aliphatic heterocycles. The Hall–Kier alpha value is -1.12. The Morgan fingerprint density at radius 2 is 1.84 bits per heavy atom. The Bertz CT molecular complexity index is 566. The molecule has 0 unspecified atom stereocenters. The highest BCUT2D eigenvalue weighted by Crippen LogP contribution is 2.36. The van der Waals surface area contributed by atoms with E-state index in [0.29, 0.717) is 5.41 Å². The van der Waals surface area contributed by atoms with Gasteiger partial charge < -0.3 is 5.32 Å². The lowest BCUT2D eigenvalue weighted by Gasteiger charge is -2.44. The maximum absolute atomic E-state index is 3.47. The second-order valence-corrected chi connectivity index (χ2v) is 6.85. The summed E-state index contributed by atoms with van der Waals surface area (Å²) in [5.41, 5.74) is 3.28. The average Bonchev–Trinajstić information content (AvgIpc) is 2.82. The fraction of sp³-hybridized carbons (Fsp3) is 0.412. The minimum atomic E-state index is 0.321. The van der Waals surface area contributed by atoms with Gasteiger partial charge in [-0.3, -0.25) is 0 Å². The van der Waals surface area contributed by atoms with Crippen molar-refractivity contribution in [3.8, 4) is 0 Å². The molecule has 0 amide bonds. The number of hydrogen-bond donors (Lipinski definition) is 1. The van der Waals surface area contributed by atoms with Crippen molar-refractivity contribution >= 4 is 11.3 Å². The average molecular weight is 271 g/mol. The number of aryl methyl sites for hydroxylation is 2. The molecule has 0 saturated carbocycles. The van der Waals surface area contributed by atoms with Crippen molar-refractivity contribution in [2.75, 3.05) is 13.1 Å². The van der Waals surface area contributed by atoms with Gasteiger partial charge in [0.05, 0.1) is 0 Å². The van der Waals surface area contributed by atoms with Crippen molar-refractivity contribution in [2.24, 2.45) is 0 Å². The number of thiophene rings is 1. The molecule has 1 aromatic heterocycles. The zero-order valence-corrected chi connectivity index (χ0v) is 12.5. The standard InChI is InChI=1S/C17H21NS/c1-3-14-8-9-15(19-14)10-17(11-18-12-17)16-7-5-4-6-13(16)2/h4-9,18H,3,10-12H2,1-2H3. The van der Waals surface area contributed by atoms with Crippen LogP contribution >= 0.6 is 11.3 Å². The first-order valence-corrected chi connectivity index (χ1v) is 7.89. The molecule has 2 aromatic rings. The van der Waals surface area contributed by atoms with Gasteiger partial charge in [0.15, 0.2) is 0 Å². The first kappa shape index (κ1) is 12.9. The van der Waals surface area contributed by atoms with E-state index < -0.39 is 0 Å². The quantitative estimate of drug-likeness (QED) is 0.894. The molecule has 1 aromatic carbocycles. The Morgan fingerprint density at radius 1 is 1.11 bits per heavy atom. The van der Waals surface area contributed by atoms with Crippen LogP contribution in [0.1, 0.15) is 27.8 Å². The molecular formula is C17H21NS. The number of hydrogen-bond acceptors (Lipinski definition) is 2. The molecule has 1 N–H and O–H groups in total. The van der Waals surface area contributed by atoms with E-state index in [9.17, 15) is 0 Å². The third kappa shape index (κ3) is 2.35. The molecule has 1 fully saturated rings. The highest BCUT2D eigenvalue weighted by Gasteiger charge is 2.39. The van der Waals surface area contributed by atoms with Crippen molar-refractivity contribution in [3.63, 3.8) is 0 Å². The molecule has 1 nitrogen and oxygen atoms in total. The molecule has 3 rings (SSSR count). The predicted octanol–water partition coefficient (Wildman–Crippen LogP) is 3.70. The van der Waals surface area contributed by atoms with Gasteiger partial charge >= 0.3 is 0 Å². The highest BCUT2D eigenvalue weighted by atomic mass is 32.1. The second-order valence-electron chi connectivity index (χ2n) is 5.60. The molecule has 100 valence electrons. The maximum atomic E-state index is 3.47. The summed E-state index contributed by atoms with van der Waals surface area (Å²) in [6.07, 6.45) is 2.33. The summed E-state index contributed by atoms with van der Waals surface area (Å²) in [7, 11) is 0. The van der Waals surface area contributed by atoms with Crippen LogP contribution in [-0.4, -0.2) is 13.1 Å². The monoisotopic (exact) mass is 271 g/mol. The van der Waals surface area contributed by atoms with Crippen molar-refractivity contribution in [3.05, 3.63) is 57.3 Å². The van der Waals surface area contributed by atoms with Gasteiger partial charge in [0.25, 0.3) is 0 Å². The predicted molar refractivity (Wildman–Crippen MR) is 83.1 cm³/mol. The lowest BCUT2D eigenvalue weighted by Crippen LogP contribution is -2.58. The summed E-state index contributed by atoms with van der Waals surface area (Å²) < 4.78 is 0. The lowest BCUT2D eigenvalue weighted by molar-refractivity contribution is 0.275. The summed E-state index contributed by atoms with van der Waals surface area (Å²) in [5.74, 6) is 0. The molecule has 0 atom stereocenters. The summed E-state index contributed by atoms with van der Waals surface area (Å²) in [5, 5.41) is 3.47. The SMILES string of the molecule is CCc1ccc(CC2(c3ccccc3C)CNC2)s1. The zero-order valence-electron chi connectivity index (χ0n) is 11.7. The Labute approximate surface area is 119 Å². The van der Waals surface area contributed by atoms with E-state index in [-0.39, 0.29) is 0 Å². The van der Waals surface area contributed by atoms with Gasteiger partial charge in [-0.05, 0) is 43.0 Å². The molecule has 0 radical (unpaired) electrons. The molecule has 2 heteroatoms. The zero-order chi connectivity index (χ0) is 13.3. The van der Waals surface area contributed by atoms with E-state index in [1.807, 2.05) is 11.3 Å². The van der Waals surface area contributed by atoms with Crippen LogP contribution in [0.25, 0.3) is 0 Å². The van der Waals surface area contributed by atoms with E-state index in [4.69, 9.17) is 0 Å². The highest BCUT2D eigenvalue weighted by molar-refractivity contribution is 7.12. The molecule has 1 saturated heterocycles. The largest absolute Gasteiger partial charge is 0.315 e. The number of benzene rings is 1. The first-order valence-electron chi connectivity index (χ1n) is 7.08. The van der Waals surface area contributed by atoms with E-state index in [2.05, 4.69) is 55.6 Å². The van der Waals surface area contributed by atoms with E-state index in [1.165, 1.54) is 27.3 Å². The van der Waals surface area contributed by atoms with Crippen LogP contribution < -0.4 is 5.32 Å². The summed E-state index contributed by atoms with van der Waals surface area (Å²) in [4.78, 5) is 3.03. The topological polar surface area (TPSA) is 12.0 Å². The fourth-order valence-corrected chi connectivity index (χ4v) is 4.15. The van der Waals surface area contributed by atoms with Gasteiger partial charge in [-0.2, -0.15) is 0 Å². The molecule has 0 bridgehead atoms. The molecule has 19 heavy (non-hydrogen) atoms. The Kier molecular flexibility index (Phi) is 3.46. The Morgan fingerprint density at radius 3 is 2.42 bits per heavy atom. The summed E-state index contributed by atoms with van der Waals surface area (Å²) in [6, 6.07) is 13.5. The van der Waals surface area contributed by atoms with Crippen LogP contribution in [0.4, 0.5) is 0 Å². The second kappa shape index (κ2) is 5.10.